The number of aliphatic imine (C=N–C) groups is 1. The molecule has 1 aliphatic rings. The van der Waals surface area contributed by atoms with Gasteiger partial charge in [-0.25, -0.2) is 4.79 Å². The zero-order valence-corrected chi connectivity index (χ0v) is 17.2. The van der Waals surface area contributed by atoms with Gasteiger partial charge in [0.1, 0.15) is 5.60 Å². The summed E-state index contributed by atoms with van der Waals surface area (Å²) >= 11 is 1.82. The number of guanidine groups is 1. The Morgan fingerprint density at radius 3 is 2.36 bits per heavy atom. The number of hydrogen-bond acceptors (Lipinski definition) is 5. The highest BCUT2D eigenvalue weighted by Crippen LogP contribution is 2.11. The summed E-state index contributed by atoms with van der Waals surface area (Å²) < 4.78 is 5.43. The summed E-state index contributed by atoms with van der Waals surface area (Å²) in [6.45, 7) is 11.8. The molecule has 7 nitrogen and oxygen atoms in total. The van der Waals surface area contributed by atoms with Gasteiger partial charge >= 0.3 is 6.09 Å². The van der Waals surface area contributed by atoms with Gasteiger partial charge < -0.3 is 20.3 Å². The summed E-state index contributed by atoms with van der Waals surface area (Å²) in [6, 6.07) is 0. The second-order valence-electron chi connectivity index (χ2n) is 7.08. The van der Waals surface area contributed by atoms with E-state index >= 15 is 0 Å². The summed E-state index contributed by atoms with van der Waals surface area (Å²) in [4.78, 5) is 20.5. The first kappa shape index (κ1) is 21.9. The van der Waals surface area contributed by atoms with Crippen LogP contribution >= 0.6 is 11.8 Å². The predicted molar refractivity (Wildman–Crippen MR) is 107 cm³/mol. The molecule has 146 valence electrons. The van der Waals surface area contributed by atoms with Crippen LogP contribution in [0.25, 0.3) is 0 Å². The van der Waals surface area contributed by atoms with Crippen molar-refractivity contribution in [1.29, 1.82) is 0 Å². The Kier molecular flexibility index (Phi) is 10.0. The summed E-state index contributed by atoms with van der Waals surface area (Å²) in [5.41, 5.74) is -0.428. The molecule has 0 unspecified atom stereocenters. The average Bonchev–Trinajstić information content (AvgIpc) is 2.56. The number of piperazine rings is 1. The summed E-state index contributed by atoms with van der Waals surface area (Å²) in [5.74, 6) is 1.94. The molecule has 1 heterocycles. The third kappa shape index (κ3) is 9.79. The molecule has 1 fully saturated rings. The fraction of sp³-hybridized carbons (Fsp3) is 0.882. The second-order valence-corrected chi connectivity index (χ2v) is 8.07. The van der Waals surface area contributed by atoms with E-state index in [1.54, 1.807) is 11.9 Å². The highest BCUT2D eigenvalue weighted by Gasteiger charge is 2.25. The fourth-order valence-electron chi connectivity index (χ4n) is 2.48. The van der Waals surface area contributed by atoms with Crippen LogP contribution in [0, 0.1) is 0 Å². The maximum Gasteiger partial charge on any atom is 0.410 e. The first-order valence-electron chi connectivity index (χ1n) is 8.99. The van der Waals surface area contributed by atoms with E-state index < -0.39 is 5.60 Å². The number of thioether (sulfide) groups is 1. The lowest BCUT2D eigenvalue weighted by atomic mass is 10.2. The van der Waals surface area contributed by atoms with Gasteiger partial charge in [-0.15, -0.1) is 0 Å². The van der Waals surface area contributed by atoms with Crippen molar-refractivity contribution in [2.45, 2.75) is 32.8 Å². The van der Waals surface area contributed by atoms with Gasteiger partial charge in [-0.2, -0.15) is 11.8 Å². The molecule has 0 aliphatic carbocycles. The topological polar surface area (TPSA) is 69.2 Å². The van der Waals surface area contributed by atoms with Gasteiger partial charge in [0.2, 0.25) is 0 Å². The van der Waals surface area contributed by atoms with Crippen molar-refractivity contribution in [2.75, 3.05) is 64.9 Å². The average molecular weight is 374 g/mol. The minimum atomic E-state index is -0.428. The third-order valence-electron chi connectivity index (χ3n) is 3.79. The molecule has 2 N–H and O–H groups in total. The molecule has 0 saturated carbocycles. The van der Waals surface area contributed by atoms with E-state index in [-0.39, 0.29) is 6.09 Å². The zero-order valence-electron chi connectivity index (χ0n) is 16.4. The number of ether oxygens (including phenoxy) is 1. The van der Waals surface area contributed by atoms with Crippen molar-refractivity contribution in [3.05, 3.63) is 0 Å². The molecule has 0 spiro atoms. The monoisotopic (exact) mass is 373 g/mol. The molecule has 1 saturated heterocycles. The molecule has 0 atom stereocenters. The summed E-state index contributed by atoms with van der Waals surface area (Å²) in [7, 11) is 1.80. The SMILES string of the molecule is CN=C(NCCCN1CCN(C(=O)OC(C)(C)C)CC1)NCCSC. The van der Waals surface area contributed by atoms with Crippen LogP contribution < -0.4 is 10.6 Å². The summed E-state index contributed by atoms with van der Waals surface area (Å²) in [5, 5.41) is 6.63. The minimum absolute atomic E-state index is 0.200. The number of nitrogens with zero attached hydrogens (tertiary/aromatic N) is 3. The molecule has 0 bridgehead atoms. The highest BCUT2D eigenvalue weighted by atomic mass is 32.2. The second kappa shape index (κ2) is 11.5. The van der Waals surface area contributed by atoms with E-state index in [0.29, 0.717) is 0 Å². The minimum Gasteiger partial charge on any atom is -0.444 e. The van der Waals surface area contributed by atoms with Crippen molar-refractivity contribution < 1.29 is 9.53 Å². The predicted octanol–water partition coefficient (Wildman–Crippen LogP) is 1.46. The normalized spacial score (nSPS) is 16.7. The van der Waals surface area contributed by atoms with E-state index in [9.17, 15) is 4.79 Å². The van der Waals surface area contributed by atoms with Gasteiger partial charge in [-0.3, -0.25) is 9.89 Å². The maximum absolute atomic E-state index is 12.1. The quantitative estimate of drug-likeness (QED) is 0.400. The first-order valence-corrected chi connectivity index (χ1v) is 10.4. The van der Waals surface area contributed by atoms with Crippen LogP contribution in [0.5, 0.6) is 0 Å². The van der Waals surface area contributed by atoms with Crippen LogP contribution in [0.15, 0.2) is 4.99 Å². The molecular weight excluding hydrogens is 338 g/mol. The fourth-order valence-corrected chi connectivity index (χ4v) is 2.79. The van der Waals surface area contributed by atoms with Crippen molar-refractivity contribution in [2.24, 2.45) is 4.99 Å². The Hall–Kier alpha value is -1.15. The number of rotatable bonds is 7. The van der Waals surface area contributed by atoms with E-state index in [2.05, 4.69) is 26.8 Å². The number of nitrogens with one attached hydrogen (secondary N) is 2. The number of amides is 1. The molecule has 1 aliphatic heterocycles. The molecule has 0 aromatic heterocycles. The Balaban J connectivity index is 2.15. The summed E-state index contributed by atoms with van der Waals surface area (Å²) in [6.07, 6.45) is 2.95. The van der Waals surface area contributed by atoms with Crippen molar-refractivity contribution in [3.63, 3.8) is 0 Å². The first-order chi connectivity index (χ1) is 11.9. The maximum atomic E-state index is 12.1. The lowest BCUT2D eigenvalue weighted by molar-refractivity contribution is 0.0145. The molecule has 1 amide bonds. The van der Waals surface area contributed by atoms with Crippen molar-refractivity contribution >= 4 is 23.8 Å². The largest absolute Gasteiger partial charge is 0.444 e. The van der Waals surface area contributed by atoms with Gasteiger partial charge in [0.15, 0.2) is 5.96 Å². The Morgan fingerprint density at radius 2 is 1.80 bits per heavy atom. The molecule has 0 radical (unpaired) electrons. The van der Waals surface area contributed by atoms with Crippen molar-refractivity contribution in [1.82, 2.24) is 20.4 Å². The third-order valence-corrected chi connectivity index (χ3v) is 4.40. The van der Waals surface area contributed by atoms with E-state index in [1.807, 2.05) is 32.5 Å². The Morgan fingerprint density at radius 1 is 1.16 bits per heavy atom. The Bertz CT molecular complexity index is 418. The lowest BCUT2D eigenvalue weighted by Gasteiger charge is -2.35. The molecule has 1 rings (SSSR count). The standard InChI is InChI=1S/C17H35N5O2S/c1-17(2,3)24-16(23)22-12-10-21(11-13-22)9-6-7-19-15(18-4)20-8-14-25-5/h6-14H2,1-5H3,(H2,18,19,20). The van der Waals surface area contributed by atoms with E-state index in [1.165, 1.54) is 0 Å². The smallest absolute Gasteiger partial charge is 0.410 e. The van der Waals surface area contributed by atoms with Crippen LogP contribution in [0.1, 0.15) is 27.2 Å². The van der Waals surface area contributed by atoms with Crippen LogP contribution in [-0.2, 0) is 4.74 Å². The zero-order chi connectivity index (χ0) is 18.7. The number of carbonyl (C=O) groups is 1. The van der Waals surface area contributed by atoms with Gasteiger partial charge in [-0.1, -0.05) is 0 Å². The highest BCUT2D eigenvalue weighted by molar-refractivity contribution is 7.98. The molecule has 25 heavy (non-hydrogen) atoms. The van der Waals surface area contributed by atoms with Gasteiger partial charge in [0.05, 0.1) is 0 Å². The molecule has 0 aromatic carbocycles. The van der Waals surface area contributed by atoms with E-state index in [4.69, 9.17) is 4.74 Å². The lowest BCUT2D eigenvalue weighted by Crippen LogP contribution is -2.50. The number of hydrogen-bond donors (Lipinski definition) is 2. The van der Waals surface area contributed by atoms with Crippen molar-refractivity contribution in [3.8, 4) is 0 Å². The van der Waals surface area contributed by atoms with Crippen LogP contribution in [0.3, 0.4) is 0 Å². The van der Waals surface area contributed by atoms with E-state index in [0.717, 1.165) is 63.9 Å². The van der Waals surface area contributed by atoms with Crippen LogP contribution in [0.4, 0.5) is 4.79 Å². The van der Waals surface area contributed by atoms with Gasteiger partial charge in [-0.05, 0) is 40.0 Å². The van der Waals surface area contributed by atoms with Gasteiger partial charge in [0.25, 0.3) is 0 Å². The molecule has 8 heteroatoms. The molecular formula is C17H35N5O2S. The van der Waals surface area contributed by atoms with Gasteiger partial charge in [0, 0.05) is 52.1 Å². The Labute approximate surface area is 156 Å². The van der Waals surface area contributed by atoms with Crippen LogP contribution in [-0.4, -0.2) is 92.3 Å². The van der Waals surface area contributed by atoms with Crippen LogP contribution in [0.2, 0.25) is 0 Å². The number of carbonyl (C=O) groups excluding carboxylic acids is 1. The molecule has 0 aromatic rings.